The van der Waals surface area contributed by atoms with Crippen molar-refractivity contribution in [3.05, 3.63) is 63.6 Å². The molecule has 1 heterocycles. The van der Waals surface area contributed by atoms with Crippen LogP contribution < -0.4 is 15.3 Å². The molecule has 2 aromatic carbocycles. The van der Waals surface area contributed by atoms with E-state index >= 15 is 0 Å². The van der Waals surface area contributed by atoms with Crippen LogP contribution in [0.2, 0.25) is 10.0 Å². The number of halogens is 2. The first-order valence-electron chi connectivity index (χ1n) is 7.46. The Hall–Kier alpha value is -2.50. The number of nitrogens with one attached hydrogen (secondary N) is 1. The van der Waals surface area contributed by atoms with E-state index in [4.69, 9.17) is 23.2 Å². The predicted octanol–water partition coefficient (Wildman–Crippen LogP) is 3.52. The summed E-state index contributed by atoms with van der Waals surface area (Å²) >= 11 is 11.9. The van der Waals surface area contributed by atoms with Gasteiger partial charge < -0.3 is 4.90 Å². The molecule has 0 unspecified atom stereocenters. The molecule has 1 fully saturated rings. The molecule has 7 heteroatoms. The quantitative estimate of drug-likeness (QED) is 0.659. The van der Waals surface area contributed by atoms with E-state index in [9.17, 15) is 9.59 Å². The van der Waals surface area contributed by atoms with Crippen LogP contribution >= 0.6 is 23.2 Å². The molecule has 1 aliphatic heterocycles. The van der Waals surface area contributed by atoms with Crippen LogP contribution in [0.3, 0.4) is 0 Å². The fraction of sp³-hybridized carbons (Fsp3) is 0.111. The molecule has 0 spiro atoms. The van der Waals surface area contributed by atoms with E-state index < -0.39 is 11.8 Å². The molecule has 0 aromatic heterocycles. The lowest BCUT2D eigenvalue weighted by atomic mass is 10.1. The van der Waals surface area contributed by atoms with E-state index in [2.05, 4.69) is 5.43 Å². The van der Waals surface area contributed by atoms with Gasteiger partial charge in [0, 0.05) is 19.8 Å². The fourth-order valence-corrected chi connectivity index (χ4v) is 2.69. The summed E-state index contributed by atoms with van der Waals surface area (Å²) in [5.74, 6) is -0.909. The third-order valence-electron chi connectivity index (χ3n) is 3.77. The summed E-state index contributed by atoms with van der Waals surface area (Å²) in [6.07, 6.45) is 1.56. The van der Waals surface area contributed by atoms with E-state index in [1.54, 1.807) is 18.2 Å². The second kappa shape index (κ2) is 6.78. The monoisotopic (exact) mass is 375 g/mol. The Bertz CT molecular complexity index is 876. The minimum Gasteiger partial charge on any atom is -0.378 e. The Kier molecular flexibility index (Phi) is 4.70. The molecule has 0 atom stereocenters. The molecule has 1 saturated heterocycles. The van der Waals surface area contributed by atoms with Crippen molar-refractivity contribution >= 4 is 52.5 Å². The first kappa shape index (κ1) is 17.3. The van der Waals surface area contributed by atoms with E-state index in [1.807, 2.05) is 43.3 Å². The standard InChI is InChI=1S/C18H15Cl2N3O2/c1-22(2)12-5-3-11(4-6-12)9-14-17(24)21-23(18(14)25)13-7-8-15(19)16(20)10-13/h3-10H,1-2H3,(H,21,24)/b14-9-. The van der Waals surface area contributed by atoms with Crippen LogP contribution in [0.25, 0.3) is 6.08 Å². The summed E-state index contributed by atoms with van der Waals surface area (Å²) < 4.78 is 0. The minimum absolute atomic E-state index is 0.0590. The third-order valence-corrected chi connectivity index (χ3v) is 4.51. The van der Waals surface area contributed by atoms with Crippen molar-refractivity contribution in [3.8, 4) is 0 Å². The van der Waals surface area contributed by atoms with E-state index in [0.29, 0.717) is 15.7 Å². The van der Waals surface area contributed by atoms with Crippen LogP contribution in [-0.2, 0) is 9.59 Å². The molecule has 1 N–H and O–H groups in total. The molecule has 2 amide bonds. The van der Waals surface area contributed by atoms with E-state index in [1.165, 1.54) is 6.07 Å². The summed E-state index contributed by atoms with van der Waals surface area (Å²) in [7, 11) is 3.88. The number of hydrogen-bond acceptors (Lipinski definition) is 3. The Morgan fingerprint density at radius 3 is 2.28 bits per heavy atom. The zero-order chi connectivity index (χ0) is 18.1. The maximum Gasteiger partial charge on any atom is 0.282 e. The number of benzene rings is 2. The maximum absolute atomic E-state index is 12.6. The lowest BCUT2D eigenvalue weighted by molar-refractivity contribution is -0.117. The van der Waals surface area contributed by atoms with Gasteiger partial charge in [-0.3, -0.25) is 15.0 Å². The summed E-state index contributed by atoms with van der Waals surface area (Å²) in [5.41, 5.74) is 4.83. The van der Waals surface area contributed by atoms with Gasteiger partial charge in [0.05, 0.1) is 15.7 Å². The predicted molar refractivity (Wildman–Crippen MR) is 101 cm³/mol. The molecule has 25 heavy (non-hydrogen) atoms. The highest BCUT2D eigenvalue weighted by Gasteiger charge is 2.34. The summed E-state index contributed by atoms with van der Waals surface area (Å²) in [4.78, 5) is 26.7. The Morgan fingerprint density at radius 1 is 1.00 bits per heavy atom. The number of rotatable bonds is 3. The van der Waals surface area contributed by atoms with Crippen molar-refractivity contribution in [1.29, 1.82) is 0 Å². The number of amides is 2. The number of carbonyl (C=O) groups is 2. The average Bonchev–Trinajstić information content (AvgIpc) is 2.86. The van der Waals surface area contributed by atoms with Crippen molar-refractivity contribution in [2.45, 2.75) is 0 Å². The smallest absolute Gasteiger partial charge is 0.282 e. The second-order valence-corrected chi connectivity index (χ2v) is 6.54. The second-order valence-electron chi connectivity index (χ2n) is 5.72. The van der Waals surface area contributed by atoms with Gasteiger partial charge in [-0.1, -0.05) is 35.3 Å². The number of anilines is 2. The number of hydrogen-bond donors (Lipinski definition) is 1. The molecule has 0 bridgehead atoms. The average molecular weight is 376 g/mol. The first-order chi connectivity index (χ1) is 11.9. The molecule has 0 aliphatic carbocycles. The van der Waals surface area contributed by atoms with Gasteiger partial charge in [-0.15, -0.1) is 0 Å². The highest BCUT2D eigenvalue weighted by Crippen LogP contribution is 2.29. The van der Waals surface area contributed by atoms with Crippen LogP contribution in [0.15, 0.2) is 48.0 Å². The summed E-state index contributed by atoms with van der Waals surface area (Å²) in [5, 5.41) is 1.84. The number of nitrogens with zero attached hydrogens (tertiary/aromatic N) is 2. The van der Waals surface area contributed by atoms with Crippen molar-refractivity contribution < 1.29 is 9.59 Å². The SMILES string of the molecule is CN(C)c1ccc(/C=C2/C(=O)NN(c3ccc(Cl)c(Cl)c3)C2=O)cc1. The van der Waals surface area contributed by atoms with Crippen LogP contribution in [0.4, 0.5) is 11.4 Å². The molecule has 0 radical (unpaired) electrons. The van der Waals surface area contributed by atoms with Gasteiger partial charge in [0.1, 0.15) is 5.57 Å². The van der Waals surface area contributed by atoms with Gasteiger partial charge >= 0.3 is 0 Å². The third kappa shape index (κ3) is 3.48. The van der Waals surface area contributed by atoms with Crippen LogP contribution in [0.5, 0.6) is 0 Å². The molecule has 3 rings (SSSR count). The Labute approximate surface area is 155 Å². The Balaban J connectivity index is 1.89. The fourth-order valence-electron chi connectivity index (χ4n) is 2.40. The first-order valence-corrected chi connectivity index (χ1v) is 8.22. The van der Waals surface area contributed by atoms with E-state index in [-0.39, 0.29) is 5.57 Å². The van der Waals surface area contributed by atoms with Crippen molar-refractivity contribution in [3.63, 3.8) is 0 Å². The number of carbonyl (C=O) groups excluding carboxylic acids is 2. The zero-order valence-corrected chi connectivity index (χ0v) is 15.1. The molecule has 128 valence electrons. The highest BCUT2D eigenvalue weighted by atomic mass is 35.5. The van der Waals surface area contributed by atoms with Crippen molar-refractivity contribution in [1.82, 2.24) is 5.43 Å². The van der Waals surface area contributed by atoms with Crippen LogP contribution in [0.1, 0.15) is 5.56 Å². The molecule has 1 aliphatic rings. The van der Waals surface area contributed by atoms with Crippen LogP contribution in [-0.4, -0.2) is 25.9 Å². The van der Waals surface area contributed by atoms with Crippen molar-refractivity contribution in [2.75, 3.05) is 24.0 Å². The highest BCUT2D eigenvalue weighted by molar-refractivity contribution is 6.42. The normalized spacial score (nSPS) is 15.7. The number of hydrazine groups is 1. The topological polar surface area (TPSA) is 52.7 Å². The van der Waals surface area contributed by atoms with Gasteiger partial charge in [-0.25, -0.2) is 5.01 Å². The zero-order valence-electron chi connectivity index (χ0n) is 13.6. The van der Waals surface area contributed by atoms with Gasteiger partial charge in [0.25, 0.3) is 11.8 Å². The summed E-state index contributed by atoms with van der Waals surface area (Å²) in [6, 6.07) is 12.2. The van der Waals surface area contributed by atoms with Gasteiger partial charge in [0.15, 0.2) is 0 Å². The largest absolute Gasteiger partial charge is 0.378 e. The maximum atomic E-state index is 12.6. The van der Waals surface area contributed by atoms with E-state index in [0.717, 1.165) is 16.3 Å². The Morgan fingerprint density at radius 2 is 1.68 bits per heavy atom. The van der Waals surface area contributed by atoms with Gasteiger partial charge in [-0.05, 0) is 42.0 Å². The molecule has 0 saturated carbocycles. The minimum atomic E-state index is -0.465. The van der Waals surface area contributed by atoms with Crippen LogP contribution in [0, 0.1) is 0 Å². The molecular formula is C18H15Cl2N3O2. The summed E-state index contributed by atoms with van der Waals surface area (Å²) in [6.45, 7) is 0. The molecule has 5 nitrogen and oxygen atoms in total. The molecule has 2 aromatic rings. The van der Waals surface area contributed by atoms with Crippen molar-refractivity contribution in [2.24, 2.45) is 0 Å². The lowest BCUT2D eigenvalue weighted by Crippen LogP contribution is -2.35. The van der Waals surface area contributed by atoms with Gasteiger partial charge in [0.2, 0.25) is 0 Å². The lowest BCUT2D eigenvalue weighted by Gasteiger charge is -2.15. The molecular weight excluding hydrogens is 361 g/mol. The van der Waals surface area contributed by atoms with Gasteiger partial charge in [-0.2, -0.15) is 0 Å².